The predicted octanol–water partition coefficient (Wildman–Crippen LogP) is 2.31. The van der Waals surface area contributed by atoms with E-state index in [4.69, 9.17) is 10.7 Å². The number of aromatic nitrogens is 3. The number of anilines is 1. The molecule has 1 unspecified atom stereocenters. The lowest BCUT2D eigenvalue weighted by atomic mass is 10.1. The van der Waals surface area contributed by atoms with Gasteiger partial charge in [-0.2, -0.15) is 0 Å². The van der Waals surface area contributed by atoms with Crippen molar-refractivity contribution in [2.24, 2.45) is 17.8 Å². The van der Waals surface area contributed by atoms with Gasteiger partial charge in [0.1, 0.15) is 5.82 Å². The number of rotatable bonds is 5. The van der Waals surface area contributed by atoms with Gasteiger partial charge in [0.25, 0.3) is 0 Å². The summed E-state index contributed by atoms with van der Waals surface area (Å²) in [6.45, 7) is 1.04. The summed E-state index contributed by atoms with van der Waals surface area (Å²) < 4.78 is 44.1. The summed E-state index contributed by atoms with van der Waals surface area (Å²) in [4.78, 5) is 8.65. The predicted molar refractivity (Wildman–Crippen MR) is 89.7 cm³/mol. The summed E-state index contributed by atoms with van der Waals surface area (Å²) >= 11 is 0. The maximum atomic E-state index is 12.6. The number of imidazole rings is 1. The van der Waals surface area contributed by atoms with E-state index in [1.165, 1.54) is 25.1 Å². The van der Waals surface area contributed by atoms with Crippen molar-refractivity contribution in [2.45, 2.75) is 37.2 Å². The van der Waals surface area contributed by atoms with Gasteiger partial charge >= 0.3 is 6.36 Å². The van der Waals surface area contributed by atoms with Gasteiger partial charge in [0.05, 0.1) is 11.2 Å². The average molecular weight is 377 g/mol. The van der Waals surface area contributed by atoms with E-state index in [1.54, 1.807) is 0 Å². The minimum absolute atomic E-state index is 0.155. The second-order valence-corrected chi connectivity index (χ2v) is 8.12. The van der Waals surface area contributed by atoms with Crippen molar-refractivity contribution in [2.75, 3.05) is 12.3 Å². The molecule has 3 aliphatic carbocycles. The number of nitrogens with one attached hydrogen (secondary N) is 1. The van der Waals surface area contributed by atoms with Crippen LogP contribution < -0.4 is 15.8 Å². The van der Waals surface area contributed by atoms with Crippen LogP contribution in [0.15, 0.2) is 18.5 Å². The number of hydrogen-bond donors (Lipinski definition) is 2. The Morgan fingerprint density at radius 1 is 1.37 bits per heavy atom. The Balaban J connectivity index is 1.38. The molecule has 9 heteroatoms. The van der Waals surface area contributed by atoms with Gasteiger partial charge in [0, 0.05) is 48.8 Å². The van der Waals surface area contributed by atoms with Gasteiger partial charge in [0.15, 0.2) is 11.6 Å². The van der Waals surface area contributed by atoms with E-state index >= 15 is 0 Å². The van der Waals surface area contributed by atoms with Crippen LogP contribution in [0.4, 0.5) is 19.0 Å². The summed E-state index contributed by atoms with van der Waals surface area (Å²) in [5.41, 5.74) is 6.80. The number of fused-ring (bicyclic) bond motifs is 1. The Hall–Kier alpha value is -2.29. The first-order chi connectivity index (χ1) is 12.9. The number of ether oxygens (including phenoxy) is 1. The molecule has 3 N–H and O–H groups in total. The number of nitrogens with zero attached hydrogens (tertiary/aromatic N) is 3. The van der Waals surface area contributed by atoms with Crippen LogP contribution in [-0.4, -0.2) is 33.5 Å². The number of piperidine rings is 1. The first kappa shape index (κ1) is 15.7. The highest BCUT2D eigenvalue weighted by molar-refractivity contribution is 5.64. The van der Waals surface area contributed by atoms with Gasteiger partial charge in [-0.3, -0.25) is 0 Å². The number of pyridine rings is 1. The van der Waals surface area contributed by atoms with Crippen LogP contribution in [-0.2, 0) is 12.0 Å². The summed E-state index contributed by atoms with van der Waals surface area (Å²) in [6, 6.07) is 1.79. The summed E-state index contributed by atoms with van der Waals surface area (Å²) in [7, 11) is 0. The number of halogens is 3. The molecule has 4 heterocycles. The Morgan fingerprint density at radius 2 is 2.19 bits per heavy atom. The molecule has 27 heavy (non-hydrogen) atoms. The fraction of sp³-hybridized carbons (Fsp3) is 0.556. The molecule has 5 aliphatic rings. The van der Waals surface area contributed by atoms with E-state index in [-0.39, 0.29) is 11.4 Å². The van der Waals surface area contributed by atoms with Crippen molar-refractivity contribution in [3.05, 3.63) is 24.3 Å². The maximum Gasteiger partial charge on any atom is 0.573 e. The molecule has 7 rings (SSSR count). The van der Waals surface area contributed by atoms with E-state index in [0.29, 0.717) is 35.1 Å². The second kappa shape index (κ2) is 4.76. The number of alkyl halides is 3. The normalized spacial score (nSPS) is 33.1. The second-order valence-electron chi connectivity index (χ2n) is 8.12. The maximum absolute atomic E-state index is 12.6. The van der Waals surface area contributed by atoms with E-state index in [2.05, 4.69) is 19.6 Å². The fourth-order valence-corrected chi connectivity index (χ4v) is 5.00. The zero-order chi connectivity index (χ0) is 18.6. The fourth-order valence-electron chi connectivity index (χ4n) is 5.00. The van der Waals surface area contributed by atoms with Crippen LogP contribution in [0.25, 0.3) is 11.3 Å². The summed E-state index contributed by atoms with van der Waals surface area (Å²) in [6.07, 6.45) is 1.97. The molecule has 6 nitrogen and oxygen atoms in total. The quantitative estimate of drug-likeness (QED) is 0.836. The van der Waals surface area contributed by atoms with Crippen molar-refractivity contribution in [1.82, 2.24) is 19.9 Å². The molecule has 0 aromatic carbocycles. The Morgan fingerprint density at radius 3 is 2.81 bits per heavy atom. The molecule has 4 atom stereocenters. The molecule has 2 saturated heterocycles. The molecule has 2 aromatic rings. The zero-order valence-corrected chi connectivity index (χ0v) is 14.3. The largest absolute Gasteiger partial charge is 0.573 e. The van der Waals surface area contributed by atoms with Crippen LogP contribution >= 0.6 is 0 Å². The van der Waals surface area contributed by atoms with E-state index in [9.17, 15) is 13.2 Å². The molecule has 5 fully saturated rings. The molecule has 142 valence electrons. The van der Waals surface area contributed by atoms with Gasteiger partial charge in [-0.25, -0.2) is 9.97 Å². The van der Waals surface area contributed by atoms with Crippen molar-refractivity contribution in [3.63, 3.8) is 0 Å². The minimum Gasteiger partial charge on any atom is -0.402 e. The van der Waals surface area contributed by atoms with Crippen LogP contribution in [0.1, 0.15) is 18.7 Å². The standard InChI is InChI=1S/C18H18F3N5O/c19-18(20,21)27-12-4-9(5-24-16(12)22)11-7-26(13(25-11)3-8-1-2-8)17-10-6-23-15(17)14(10)17/h4-5,7-8,10,14-15,23H,1-3,6H2,(H2,22,24)/t10-,14-,15?,17-/m0/s1. The molecule has 0 spiro atoms. The molecule has 2 aliphatic heterocycles. The van der Waals surface area contributed by atoms with E-state index < -0.39 is 12.1 Å². The van der Waals surface area contributed by atoms with Gasteiger partial charge in [0.2, 0.25) is 0 Å². The molecular weight excluding hydrogens is 359 g/mol. The topological polar surface area (TPSA) is 78.0 Å². The highest BCUT2D eigenvalue weighted by atomic mass is 19.4. The lowest BCUT2D eigenvalue weighted by Gasteiger charge is -2.13. The van der Waals surface area contributed by atoms with E-state index in [0.717, 1.165) is 18.8 Å². The van der Waals surface area contributed by atoms with Crippen molar-refractivity contribution in [1.29, 1.82) is 0 Å². The van der Waals surface area contributed by atoms with Crippen molar-refractivity contribution >= 4 is 5.82 Å². The average Bonchev–Trinajstić information content (AvgIpc) is 3.50. The van der Waals surface area contributed by atoms with Gasteiger partial charge < -0.3 is 20.4 Å². The lowest BCUT2D eigenvalue weighted by Crippen LogP contribution is -2.22. The smallest absolute Gasteiger partial charge is 0.402 e. The SMILES string of the molecule is Nc1ncc(-c2cn([C@@]34C5NC[C@H]3[C@@H]54)c(CC3CC3)n2)cc1OC(F)(F)F. The monoisotopic (exact) mass is 377 g/mol. The minimum atomic E-state index is -4.82. The van der Waals surface area contributed by atoms with Crippen molar-refractivity contribution < 1.29 is 17.9 Å². The number of nitrogens with two attached hydrogens (primary N) is 1. The molecule has 2 aromatic heterocycles. The highest BCUT2D eigenvalue weighted by Gasteiger charge is 2.91. The van der Waals surface area contributed by atoms with Crippen LogP contribution in [0.5, 0.6) is 5.75 Å². The van der Waals surface area contributed by atoms with Gasteiger partial charge in [-0.15, -0.1) is 13.2 Å². The van der Waals surface area contributed by atoms with Crippen LogP contribution in [0.2, 0.25) is 0 Å². The third-order valence-electron chi connectivity index (χ3n) is 6.53. The third-order valence-corrected chi connectivity index (χ3v) is 6.53. The third kappa shape index (κ3) is 2.17. The van der Waals surface area contributed by atoms with Gasteiger partial charge in [-0.1, -0.05) is 0 Å². The zero-order valence-electron chi connectivity index (χ0n) is 14.3. The number of nitrogen functional groups attached to an aromatic ring is 1. The number of hydrogen-bond acceptors (Lipinski definition) is 5. The first-order valence-corrected chi connectivity index (χ1v) is 9.21. The molecule has 3 saturated carbocycles. The summed E-state index contributed by atoms with van der Waals surface area (Å²) in [5.74, 6) is 2.27. The molecule has 0 amide bonds. The van der Waals surface area contributed by atoms with Crippen LogP contribution in [0.3, 0.4) is 0 Å². The molecule has 2 bridgehead atoms. The van der Waals surface area contributed by atoms with Crippen molar-refractivity contribution in [3.8, 4) is 17.0 Å². The summed E-state index contributed by atoms with van der Waals surface area (Å²) in [5, 5.41) is 3.53. The Bertz CT molecular complexity index is 929. The van der Waals surface area contributed by atoms with Gasteiger partial charge in [-0.05, 0) is 24.8 Å². The van der Waals surface area contributed by atoms with E-state index in [1.807, 2.05) is 6.20 Å². The van der Waals surface area contributed by atoms with Crippen LogP contribution in [0, 0.1) is 17.8 Å². The lowest BCUT2D eigenvalue weighted by molar-refractivity contribution is -0.274. The molecule has 0 radical (unpaired) electrons. The highest BCUT2D eigenvalue weighted by Crippen LogP contribution is 2.80. The molecular formula is C18H18F3N5O. The first-order valence-electron chi connectivity index (χ1n) is 9.21. The Kier molecular flexibility index (Phi) is 2.77. The Labute approximate surface area is 152 Å².